The third kappa shape index (κ3) is 3.95. The topological polar surface area (TPSA) is 24.9 Å². The number of unbranched alkanes of at least 4 members (excludes halogenated alkanes) is 2. The van der Waals surface area contributed by atoms with Crippen LogP contribution in [0.4, 0.5) is 0 Å². The maximum Gasteiger partial charge on any atom is 0.101 e. The van der Waals surface area contributed by atoms with Crippen molar-refractivity contribution < 1.29 is 0 Å². The van der Waals surface area contributed by atoms with Crippen LogP contribution in [0.3, 0.4) is 0 Å². The summed E-state index contributed by atoms with van der Waals surface area (Å²) in [6.07, 6.45) is 3.85. The van der Waals surface area contributed by atoms with Crippen molar-refractivity contribution in [3.05, 3.63) is 35.9 Å². The third-order valence-corrected chi connectivity index (χ3v) is 4.24. The zero-order valence-corrected chi connectivity index (χ0v) is 12.6. The summed E-state index contributed by atoms with van der Waals surface area (Å²) in [5.74, 6) is 1.16. The monoisotopic (exact) mass is 274 g/mol. The average molecular weight is 274 g/mol. The fourth-order valence-electron chi connectivity index (χ4n) is 2.11. The molecule has 0 unspecified atom stereocenters. The van der Waals surface area contributed by atoms with E-state index in [4.69, 9.17) is 4.98 Å². The van der Waals surface area contributed by atoms with Crippen molar-refractivity contribution in [2.75, 3.05) is 12.8 Å². The predicted octanol–water partition coefficient (Wildman–Crippen LogP) is 4.24. The molecule has 0 spiro atoms. The summed E-state index contributed by atoms with van der Waals surface area (Å²) in [7, 11) is 1.99. The van der Waals surface area contributed by atoms with E-state index in [0.717, 1.165) is 17.8 Å². The van der Waals surface area contributed by atoms with E-state index >= 15 is 0 Å². The maximum absolute atomic E-state index is 4.81. The van der Waals surface area contributed by atoms with Crippen molar-refractivity contribution in [2.24, 2.45) is 0 Å². The molecule has 1 aromatic carbocycles. The lowest BCUT2D eigenvalue weighted by Gasteiger charge is -2.10. The SMILES string of the molecule is CCCCCSc1nc2ccccc2cc1CNC. The minimum atomic E-state index is 0.883. The Bertz CT molecular complexity index is 525. The van der Waals surface area contributed by atoms with Crippen molar-refractivity contribution >= 4 is 22.7 Å². The molecule has 1 aromatic heterocycles. The molecule has 0 saturated heterocycles. The number of thioether (sulfide) groups is 1. The lowest BCUT2D eigenvalue weighted by atomic mass is 10.1. The minimum Gasteiger partial charge on any atom is -0.316 e. The molecule has 0 aliphatic carbocycles. The molecule has 0 aliphatic rings. The van der Waals surface area contributed by atoms with Crippen molar-refractivity contribution in [2.45, 2.75) is 37.8 Å². The van der Waals surface area contributed by atoms with Gasteiger partial charge in [-0.2, -0.15) is 0 Å². The Morgan fingerprint density at radius 2 is 2.05 bits per heavy atom. The van der Waals surface area contributed by atoms with Gasteiger partial charge in [-0.3, -0.25) is 0 Å². The molecule has 19 heavy (non-hydrogen) atoms. The van der Waals surface area contributed by atoms with Crippen LogP contribution in [0.25, 0.3) is 10.9 Å². The Morgan fingerprint density at radius 3 is 2.84 bits per heavy atom. The van der Waals surface area contributed by atoms with E-state index in [1.54, 1.807) is 0 Å². The second kappa shape index (κ2) is 7.51. The number of nitrogens with one attached hydrogen (secondary N) is 1. The summed E-state index contributed by atoms with van der Waals surface area (Å²) in [5, 5.41) is 5.65. The molecule has 0 radical (unpaired) electrons. The first-order chi connectivity index (χ1) is 9.35. The Labute approximate surface area is 120 Å². The molecule has 0 bridgehead atoms. The van der Waals surface area contributed by atoms with Crippen LogP contribution < -0.4 is 5.32 Å². The number of fused-ring (bicyclic) bond motifs is 1. The Morgan fingerprint density at radius 1 is 1.21 bits per heavy atom. The molecule has 2 nitrogen and oxygen atoms in total. The van der Waals surface area contributed by atoms with Crippen LogP contribution in [0.5, 0.6) is 0 Å². The molecule has 0 aliphatic heterocycles. The van der Waals surface area contributed by atoms with Crippen LogP contribution in [-0.4, -0.2) is 17.8 Å². The number of hydrogen-bond donors (Lipinski definition) is 1. The van der Waals surface area contributed by atoms with E-state index in [1.165, 1.54) is 35.2 Å². The number of nitrogens with zero attached hydrogens (tertiary/aromatic N) is 1. The van der Waals surface area contributed by atoms with Gasteiger partial charge in [0, 0.05) is 11.9 Å². The van der Waals surface area contributed by atoms with E-state index in [0.29, 0.717) is 0 Å². The van der Waals surface area contributed by atoms with E-state index in [2.05, 4.69) is 42.6 Å². The second-order valence-electron chi connectivity index (χ2n) is 4.73. The minimum absolute atomic E-state index is 0.883. The van der Waals surface area contributed by atoms with Crippen LogP contribution in [0, 0.1) is 0 Å². The molecule has 2 aromatic rings. The molecule has 0 fully saturated rings. The molecular weight excluding hydrogens is 252 g/mol. The van der Waals surface area contributed by atoms with Crippen LogP contribution in [-0.2, 0) is 6.54 Å². The van der Waals surface area contributed by atoms with E-state index < -0.39 is 0 Å². The summed E-state index contributed by atoms with van der Waals surface area (Å²) in [6.45, 7) is 3.12. The zero-order valence-electron chi connectivity index (χ0n) is 11.8. The van der Waals surface area contributed by atoms with Gasteiger partial charge in [-0.15, -0.1) is 11.8 Å². The summed E-state index contributed by atoms with van der Waals surface area (Å²) in [4.78, 5) is 4.81. The highest BCUT2D eigenvalue weighted by atomic mass is 32.2. The summed E-state index contributed by atoms with van der Waals surface area (Å²) >= 11 is 1.89. The summed E-state index contributed by atoms with van der Waals surface area (Å²) in [5.41, 5.74) is 2.41. The van der Waals surface area contributed by atoms with Crippen LogP contribution in [0.2, 0.25) is 0 Å². The lowest BCUT2D eigenvalue weighted by Crippen LogP contribution is -2.07. The first-order valence-corrected chi connectivity index (χ1v) is 7.99. The third-order valence-electron chi connectivity index (χ3n) is 3.12. The van der Waals surface area contributed by atoms with Crippen molar-refractivity contribution in [3.63, 3.8) is 0 Å². The van der Waals surface area contributed by atoms with Gasteiger partial charge >= 0.3 is 0 Å². The highest BCUT2D eigenvalue weighted by Crippen LogP contribution is 2.25. The van der Waals surface area contributed by atoms with Crippen molar-refractivity contribution in [3.8, 4) is 0 Å². The highest BCUT2D eigenvalue weighted by Gasteiger charge is 2.06. The van der Waals surface area contributed by atoms with Crippen LogP contribution in [0.15, 0.2) is 35.4 Å². The van der Waals surface area contributed by atoms with E-state index in [9.17, 15) is 0 Å². The number of rotatable bonds is 7. The van der Waals surface area contributed by atoms with Gasteiger partial charge in [0.05, 0.1) is 5.52 Å². The lowest BCUT2D eigenvalue weighted by molar-refractivity contribution is 0.775. The van der Waals surface area contributed by atoms with Crippen LogP contribution >= 0.6 is 11.8 Å². The average Bonchev–Trinajstić information content (AvgIpc) is 2.44. The maximum atomic E-state index is 4.81. The summed E-state index contributed by atoms with van der Waals surface area (Å²) in [6, 6.07) is 10.6. The fourth-order valence-corrected chi connectivity index (χ4v) is 3.13. The molecule has 2 rings (SSSR count). The molecule has 1 heterocycles. The van der Waals surface area contributed by atoms with E-state index in [1.807, 2.05) is 18.8 Å². The number of benzene rings is 1. The Kier molecular flexibility index (Phi) is 5.67. The summed E-state index contributed by atoms with van der Waals surface area (Å²) < 4.78 is 0. The highest BCUT2D eigenvalue weighted by molar-refractivity contribution is 7.99. The molecule has 1 N–H and O–H groups in total. The van der Waals surface area contributed by atoms with Gasteiger partial charge in [-0.05, 0) is 36.9 Å². The molecular formula is C16H22N2S. The van der Waals surface area contributed by atoms with Gasteiger partial charge in [0.1, 0.15) is 5.03 Å². The largest absolute Gasteiger partial charge is 0.316 e. The van der Waals surface area contributed by atoms with Crippen molar-refractivity contribution in [1.82, 2.24) is 10.3 Å². The number of pyridine rings is 1. The quantitative estimate of drug-likeness (QED) is 0.604. The number of para-hydroxylation sites is 1. The van der Waals surface area contributed by atoms with Crippen molar-refractivity contribution in [1.29, 1.82) is 0 Å². The smallest absolute Gasteiger partial charge is 0.101 e. The molecule has 102 valence electrons. The van der Waals surface area contributed by atoms with Gasteiger partial charge in [0.2, 0.25) is 0 Å². The van der Waals surface area contributed by atoms with Crippen LogP contribution in [0.1, 0.15) is 31.7 Å². The van der Waals surface area contributed by atoms with Gasteiger partial charge in [-0.1, -0.05) is 38.0 Å². The molecule has 0 atom stereocenters. The first-order valence-electron chi connectivity index (χ1n) is 7.01. The predicted molar refractivity (Wildman–Crippen MR) is 84.8 cm³/mol. The standard InChI is InChI=1S/C16H22N2S/c1-3-4-7-10-19-16-14(12-17-2)11-13-8-5-6-9-15(13)18-16/h5-6,8-9,11,17H,3-4,7,10,12H2,1-2H3. The number of hydrogen-bond acceptors (Lipinski definition) is 3. The fraction of sp³-hybridized carbons (Fsp3) is 0.438. The van der Waals surface area contributed by atoms with Gasteiger partial charge in [0.25, 0.3) is 0 Å². The molecule has 3 heteroatoms. The Balaban J connectivity index is 2.20. The van der Waals surface area contributed by atoms with Gasteiger partial charge < -0.3 is 5.32 Å². The molecule has 0 amide bonds. The Hall–Kier alpha value is -1.06. The van der Waals surface area contributed by atoms with E-state index in [-0.39, 0.29) is 0 Å². The second-order valence-corrected chi connectivity index (χ2v) is 5.81. The zero-order chi connectivity index (χ0) is 13.5. The normalized spacial score (nSPS) is 11.1. The van der Waals surface area contributed by atoms with Gasteiger partial charge in [-0.25, -0.2) is 4.98 Å². The molecule has 0 saturated carbocycles. The first kappa shape index (κ1) is 14.4. The number of aromatic nitrogens is 1. The van der Waals surface area contributed by atoms with Gasteiger partial charge in [0.15, 0.2) is 0 Å².